The normalized spacial score (nSPS) is 12.7. The molecule has 0 fully saturated rings. The van der Waals surface area contributed by atoms with Crippen molar-refractivity contribution in [1.82, 2.24) is 10.2 Å². The third-order valence-electron chi connectivity index (χ3n) is 5.05. The Kier molecular flexibility index (Phi) is 10.2. The van der Waals surface area contributed by atoms with E-state index in [0.717, 1.165) is 17.7 Å². The molecule has 0 aliphatic rings. The molecule has 0 heterocycles. The van der Waals surface area contributed by atoms with E-state index in [9.17, 15) is 9.59 Å². The van der Waals surface area contributed by atoms with Gasteiger partial charge in [0, 0.05) is 19.0 Å². The van der Waals surface area contributed by atoms with E-state index in [-0.39, 0.29) is 30.8 Å². The molecular formula is C24H30Cl2N2O3. The van der Waals surface area contributed by atoms with Crippen LogP contribution in [0.2, 0.25) is 10.0 Å². The molecule has 31 heavy (non-hydrogen) atoms. The van der Waals surface area contributed by atoms with Crippen LogP contribution in [0.5, 0.6) is 5.75 Å². The van der Waals surface area contributed by atoms with E-state index in [1.807, 2.05) is 50.2 Å². The van der Waals surface area contributed by atoms with Crippen molar-refractivity contribution in [2.24, 2.45) is 0 Å². The van der Waals surface area contributed by atoms with E-state index in [4.69, 9.17) is 27.9 Å². The topological polar surface area (TPSA) is 58.6 Å². The molecule has 0 radical (unpaired) electrons. The Bertz CT molecular complexity index is 861. The van der Waals surface area contributed by atoms with Crippen molar-refractivity contribution in [2.45, 2.75) is 58.7 Å². The van der Waals surface area contributed by atoms with Crippen molar-refractivity contribution in [2.75, 3.05) is 6.61 Å². The average Bonchev–Trinajstić information content (AvgIpc) is 2.77. The van der Waals surface area contributed by atoms with Crippen LogP contribution < -0.4 is 10.1 Å². The van der Waals surface area contributed by atoms with Crippen molar-refractivity contribution in [3.8, 4) is 5.75 Å². The Balaban J connectivity index is 2.04. The Morgan fingerprint density at radius 2 is 1.77 bits per heavy atom. The molecule has 2 amide bonds. The molecule has 0 spiro atoms. The lowest BCUT2D eigenvalue weighted by Gasteiger charge is -2.30. The molecule has 2 atom stereocenters. The van der Waals surface area contributed by atoms with Gasteiger partial charge in [0.2, 0.25) is 11.8 Å². The third kappa shape index (κ3) is 8.08. The first-order chi connectivity index (χ1) is 14.8. The first-order valence-corrected chi connectivity index (χ1v) is 11.3. The molecule has 7 heteroatoms. The number of nitrogens with zero attached hydrogens (tertiary/aromatic N) is 1. The highest BCUT2D eigenvalue weighted by molar-refractivity contribution is 6.42. The molecule has 0 aromatic heterocycles. The van der Waals surface area contributed by atoms with Crippen molar-refractivity contribution >= 4 is 35.0 Å². The first kappa shape index (κ1) is 25.0. The number of benzene rings is 2. The van der Waals surface area contributed by atoms with Gasteiger partial charge in [-0.1, -0.05) is 54.4 Å². The zero-order valence-electron chi connectivity index (χ0n) is 18.2. The number of para-hydroxylation sites is 1. The van der Waals surface area contributed by atoms with E-state index in [2.05, 4.69) is 5.32 Å². The highest BCUT2D eigenvalue weighted by atomic mass is 35.5. The molecule has 1 N–H and O–H groups in total. The van der Waals surface area contributed by atoms with Gasteiger partial charge in [0.1, 0.15) is 11.8 Å². The maximum Gasteiger partial charge on any atom is 0.242 e. The summed E-state index contributed by atoms with van der Waals surface area (Å²) < 4.78 is 5.68. The minimum atomic E-state index is -0.619. The SMILES string of the molecule is CCC(C)NC(=O)C(C)N(Cc1ccc(Cl)c(Cl)c1)C(=O)CCCOc1ccccc1. The minimum Gasteiger partial charge on any atom is -0.494 e. The summed E-state index contributed by atoms with van der Waals surface area (Å²) in [4.78, 5) is 27.3. The first-order valence-electron chi connectivity index (χ1n) is 10.5. The largest absolute Gasteiger partial charge is 0.494 e. The molecule has 0 saturated heterocycles. The summed E-state index contributed by atoms with van der Waals surface area (Å²) in [5, 5.41) is 3.82. The maximum atomic E-state index is 13.0. The van der Waals surface area contributed by atoms with Gasteiger partial charge >= 0.3 is 0 Å². The fraction of sp³-hybridized carbons (Fsp3) is 0.417. The molecule has 168 valence electrons. The average molecular weight is 465 g/mol. The van der Waals surface area contributed by atoms with Gasteiger partial charge in [-0.25, -0.2) is 0 Å². The smallest absolute Gasteiger partial charge is 0.242 e. The minimum absolute atomic E-state index is 0.0381. The van der Waals surface area contributed by atoms with Crippen LogP contribution in [0.3, 0.4) is 0 Å². The Labute approximate surface area is 194 Å². The van der Waals surface area contributed by atoms with Crippen LogP contribution in [0.25, 0.3) is 0 Å². The van der Waals surface area contributed by atoms with E-state index >= 15 is 0 Å². The second-order valence-corrected chi connectivity index (χ2v) is 8.34. The van der Waals surface area contributed by atoms with Crippen LogP contribution in [0, 0.1) is 0 Å². The molecule has 2 unspecified atom stereocenters. The van der Waals surface area contributed by atoms with Crippen molar-refractivity contribution < 1.29 is 14.3 Å². The fourth-order valence-corrected chi connectivity index (χ4v) is 3.28. The van der Waals surface area contributed by atoms with Gasteiger partial charge in [0.25, 0.3) is 0 Å². The van der Waals surface area contributed by atoms with E-state index in [1.165, 1.54) is 0 Å². The van der Waals surface area contributed by atoms with Crippen LogP contribution in [0.15, 0.2) is 48.5 Å². The lowest BCUT2D eigenvalue weighted by atomic mass is 10.1. The van der Waals surface area contributed by atoms with Crippen molar-refractivity contribution in [3.05, 3.63) is 64.1 Å². The molecule has 2 rings (SSSR count). The molecular weight excluding hydrogens is 435 g/mol. The maximum absolute atomic E-state index is 13.0. The van der Waals surface area contributed by atoms with Gasteiger partial charge in [-0.2, -0.15) is 0 Å². The van der Waals surface area contributed by atoms with Crippen LogP contribution in [0.4, 0.5) is 0 Å². The lowest BCUT2D eigenvalue weighted by Crippen LogP contribution is -2.49. The van der Waals surface area contributed by atoms with Crippen molar-refractivity contribution in [3.63, 3.8) is 0 Å². The second kappa shape index (κ2) is 12.6. The summed E-state index contributed by atoms with van der Waals surface area (Å²) in [6, 6.07) is 14.1. The number of carbonyl (C=O) groups excluding carboxylic acids is 2. The number of hydrogen-bond donors (Lipinski definition) is 1. The highest BCUT2D eigenvalue weighted by Gasteiger charge is 2.26. The summed E-state index contributed by atoms with van der Waals surface area (Å²) in [6.45, 7) is 6.37. The second-order valence-electron chi connectivity index (χ2n) is 7.53. The summed E-state index contributed by atoms with van der Waals surface area (Å²) in [5.74, 6) is 0.474. The summed E-state index contributed by atoms with van der Waals surface area (Å²) in [6.07, 6.45) is 1.64. The quantitative estimate of drug-likeness (QED) is 0.447. The Morgan fingerprint density at radius 3 is 2.42 bits per heavy atom. The predicted octanol–water partition coefficient (Wildman–Crippen LogP) is 5.48. The Hall–Kier alpha value is -2.24. The number of rotatable bonds is 11. The number of hydrogen-bond acceptors (Lipinski definition) is 3. The number of nitrogens with one attached hydrogen (secondary N) is 1. The van der Waals surface area contributed by atoms with Gasteiger partial charge < -0.3 is 15.0 Å². The molecule has 2 aromatic carbocycles. The standard InChI is InChI=1S/C24H30Cl2N2O3/c1-4-17(2)27-24(30)18(3)28(16-19-12-13-21(25)22(26)15-19)23(29)11-8-14-31-20-9-6-5-7-10-20/h5-7,9-10,12-13,15,17-18H,4,8,11,14,16H2,1-3H3,(H,27,30). The van der Waals surface area contributed by atoms with Crippen LogP contribution in [-0.4, -0.2) is 35.4 Å². The number of halogens is 2. The third-order valence-corrected chi connectivity index (χ3v) is 5.79. The molecule has 2 aromatic rings. The molecule has 0 aliphatic heterocycles. The number of ether oxygens (including phenoxy) is 1. The predicted molar refractivity (Wildman–Crippen MR) is 126 cm³/mol. The molecule has 5 nitrogen and oxygen atoms in total. The Morgan fingerprint density at radius 1 is 1.06 bits per heavy atom. The summed E-state index contributed by atoms with van der Waals surface area (Å²) >= 11 is 12.1. The molecule has 0 saturated carbocycles. The zero-order valence-corrected chi connectivity index (χ0v) is 19.7. The molecule has 0 aliphatic carbocycles. The van der Waals surface area contributed by atoms with Gasteiger partial charge in [-0.3, -0.25) is 9.59 Å². The van der Waals surface area contributed by atoms with Gasteiger partial charge in [0.15, 0.2) is 0 Å². The van der Waals surface area contributed by atoms with Crippen LogP contribution >= 0.6 is 23.2 Å². The summed E-state index contributed by atoms with van der Waals surface area (Å²) in [5.41, 5.74) is 0.812. The molecule has 0 bridgehead atoms. The zero-order chi connectivity index (χ0) is 22.8. The van der Waals surface area contributed by atoms with E-state index in [1.54, 1.807) is 24.0 Å². The van der Waals surface area contributed by atoms with Crippen LogP contribution in [0.1, 0.15) is 45.6 Å². The van der Waals surface area contributed by atoms with Gasteiger partial charge in [-0.05, 0) is 56.5 Å². The fourth-order valence-electron chi connectivity index (χ4n) is 2.96. The van der Waals surface area contributed by atoms with Gasteiger partial charge in [0.05, 0.1) is 16.7 Å². The number of amides is 2. The van der Waals surface area contributed by atoms with Gasteiger partial charge in [-0.15, -0.1) is 0 Å². The monoisotopic (exact) mass is 464 g/mol. The highest BCUT2D eigenvalue weighted by Crippen LogP contribution is 2.24. The summed E-state index contributed by atoms with van der Waals surface area (Å²) in [7, 11) is 0. The van der Waals surface area contributed by atoms with E-state index < -0.39 is 6.04 Å². The number of carbonyl (C=O) groups is 2. The lowest BCUT2D eigenvalue weighted by molar-refractivity contribution is -0.141. The van der Waals surface area contributed by atoms with Crippen molar-refractivity contribution in [1.29, 1.82) is 0 Å². The van der Waals surface area contributed by atoms with E-state index in [0.29, 0.717) is 23.1 Å². The van der Waals surface area contributed by atoms with Crippen LogP contribution in [-0.2, 0) is 16.1 Å².